The fourth-order valence-corrected chi connectivity index (χ4v) is 1.99. The molecule has 1 aromatic carbocycles. The minimum atomic E-state index is -0.120. The zero-order valence-electron chi connectivity index (χ0n) is 11.0. The zero-order valence-corrected chi connectivity index (χ0v) is 11.0. The number of hydrogen-bond donors (Lipinski definition) is 0. The fourth-order valence-electron chi connectivity index (χ4n) is 1.99. The summed E-state index contributed by atoms with van der Waals surface area (Å²) in [5.41, 5.74) is 3.45. The third-order valence-electron chi connectivity index (χ3n) is 2.86. The SMILES string of the molecule is CC(C)(C)c1ncc(-c2ccccc2)cc1C=O. The molecule has 2 rings (SSSR count). The largest absolute Gasteiger partial charge is 0.298 e. The highest BCUT2D eigenvalue weighted by Gasteiger charge is 2.19. The molecule has 18 heavy (non-hydrogen) atoms. The van der Waals surface area contributed by atoms with Crippen LogP contribution in [-0.4, -0.2) is 11.3 Å². The molecule has 0 saturated carbocycles. The molecule has 0 spiro atoms. The number of nitrogens with zero attached hydrogens (tertiary/aromatic N) is 1. The van der Waals surface area contributed by atoms with Crippen LogP contribution in [0, 0.1) is 0 Å². The summed E-state index contributed by atoms with van der Waals surface area (Å²) in [6, 6.07) is 11.9. The maximum atomic E-state index is 11.2. The molecule has 0 saturated heterocycles. The Hall–Kier alpha value is -1.96. The molecule has 0 aliphatic carbocycles. The molecule has 0 aliphatic rings. The van der Waals surface area contributed by atoms with Crippen molar-refractivity contribution in [1.29, 1.82) is 0 Å². The maximum Gasteiger partial charge on any atom is 0.151 e. The molecule has 2 heteroatoms. The third kappa shape index (κ3) is 2.48. The van der Waals surface area contributed by atoms with Crippen LogP contribution in [0.25, 0.3) is 11.1 Å². The first-order chi connectivity index (χ1) is 8.52. The van der Waals surface area contributed by atoms with Gasteiger partial charge < -0.3 is 0 Å². The number of pyridine rings is 1. The fraction of sp³-hybridized carbons (Fsp3) is 0.250. The van der Waals surface area contributed by atoms with Crippen LogP contribution < -0.4 is 0 Å². The third-order valence-corrected chi connectivity index (χ3v) is 2.86. The number of carbonyl (C=O) groups excluding carboxylic acids is 1. The van der Waals surface area contributed by atoms with Gasteiger partial charge in [0.2, 0.25) is 0 Å². The van der Waals surface area contributed by atoms with Gasteiger partial charge >= 0.3 is 0 Å². The summed E-state index contributed by atoms with van der Waals surface area (Å²) < 4.78 is 0. The van der Waals surface area contributed by atoms with Gasteiger partial charge in [-0.1, -0.05) is 51.1 Å². The minimum Gasteiger partial charge on any atom is -0.298 e. The molecule has 0 N–H and O–H groups in total. The average molecular weight is 239 g/mol. The van der Waals surface area contributed by atoms with Crippen molar-refractivity contribution in [3.63, 3.8) is 0 Å². The molecule has 0 unspecified atom stereocenters. The monoisotopic (exact) mass is 239 g/mol. The number of aromatic nitrogens is 1. The van der Waals surface area contributed by atoms with Crippen molar-refractivity contribution in [3.05, 3.63) is 53.9 Å². The van der Waals surface area contributed by atoms with Crippen LogP contribution in [0.3, 0.4) is 0 Å². The lowest BCUT2D eigenvalue weighted by atomic mass is 9.88. The van der Waals surface area contributed by atoms with Crippen LogP contribution in [0.5, 0.6) is 0 Å². The summed E-state index contributed by atoms with van der Waals surface area (Å²) in [6.45, 7) is 6.18. The Kier molecular flexibility index (Phi) is 3.28. The number of benzene rings is 1. The molecule has 0 aliphatic heterocycles. The first kappa shape index (κ1) is 12.5. The van der Waals surface area contributed by atoms with E-state index in [9.17, 15) is 4.79 Å². The lowest BCUT2D eigenvalue weighted by Gasteiger charge is -2.20. The van der Waals surface area contributed by atoms with Gasteiger partial charge in [-0.15, -0.1) is 0 Å². The van der Waals surface area contributed by atoms with E-state index in [1.54, 1.807) is 0 Å². The predicted octanol–water partition coefficient (Wildman–Crippen LogP) is 3.86. The van der Waals surface area contributed by atoms with Gasteiger partial charge in [0.15, 0.2) is 6.29 Å². The highest BCUT2D eigenvalue weighted by Crippen LogP contribution is 2.26. The number of rotatable bonds is 2. The molecule has 0 atom stereocenters. The standard InChI is InChI=1S/C16H17NO/c1-16(2,3)15-14(11-18)9-13(10-17-15)12-7-5-4-6-8-12/h4-11H,1-3H3. The Balaban J connectivity index is 2.52. The van der Waals surface area contributed by atoms with Gasteiger partial charge in [0.25, 0.3) is 0 Å². The quantitative estimate of drug-likeness (QED) is 0.745. The zero-order chi connectivity index (χ0) is 13.2. The summed E-state index contributed by atoms with van der Waals surface area (Å²) >= 11 is 0. The van der Waals surface area contributed by atoms with E-state index >= 15 is 0 Å². The van der Waals surface area contributed by atoms with E-state index in [0.717, 1.165) is 23.1 Å². The van der Waals surface area contributed by atoms with E-state index in [4.69, 9.17) is 0 Å². The van der Waals surface area contributed by atoms with Crippen LogP contribution >= 0.6 is 0 Å². The lowest BCUT2D eigenvalue weighted by molar-refractivity contribution is 0.112. The molecule has 2 aromatic rings. The molecule has 0 radical (unpaired) electrons. The van der Waals surface area contributed by atoms with Gasteiger partial charge in [-0.3, -0.25) is 9.78 Å². The second kappa shape index (κ2) is 4.73. The topological polar surface area (TPSA) is 30.0 Å². The molecule has 0 bridgehead atoms. The van der Waals surface area contributed by atoms with Crippen molar-refractivity contribution in [2.24, 2.45) is 0 Å². The minimum absolute atomic E-state index is 0.120. The van der Waals surface area contributed by atoms with Gasteiger partial charge in [0, 0.05) is 22.7 Å². The summed E-state index contributed by atoms with van der Waals surface area (Å²) in [4.78, 5) is 15.7. The average Bonchev–Trinajstić information content (AvgIpc) is 2.38. The van der Waals surface area contributed by atoms with Gasteiger partial charge in [0.1, 0.15) is 0 Å². The second-order valence-corrected chi connectivity index (χ2v) is 5.40. The van der Waals surface area contributed by atoms with Crippen molar-refractivity contribution < 1.29 is 4.79 Å². The van der Waals surface area contributed by atoms with Crippen molar-refractivity contribution >= 4 is 6.29 Å². The molecule has 0 amide bonds. The Morgan fingerprint density at radius 3 is 2.28 bits per heavy atom. The normalized spacial score (nSPS) is 11.3. The highest BCUT2D eigenvalue weighted by atomic mass is 16.1. The van der Waals surface area contributed by atoms with E-state index < -0.39 is 0 Å². The molecule has 0 fully saturated rings. The van der Waals surface area contributed by atoms with Gasteiger partial charge in [-0.05, 0) is 11.6 Å². The smallest absolute Gasteiger partial charge is 0.151 e. The summed E-state index contributed by atoms with van der Waals surface area (Å²) in [5.74, 6) is 0. The lowest BCUT2D eigenvalue weighted by Crippen LogP contribution is -2.16. The van der Waals surface area contributed by atoms with Crippen LogP contribution in [-0.2, 0) is 5.41 Å². The number of aldehydes is 1. The highest BCUT2D eigenvalue weighted by molar-refractivity contribution is 5.80. The van der Waals surface area contributed by atoms with Gasteiger partial charge in [-0.2, -0.15) is 0 Å². The molecular weight excluding hydrogens is 222 g/mol. The van der Waals surface area contributed by atoms with Crippen LogP contribution in [0.4, 0.5) is 0 Å². The van der Waals surface area contributed by atoms with E-state index in [2.05, 4.69) is 25.8 Å². The Labute approximate surface area is 108 Å². The molecule has 92 valence electrons. The first-order valence-electron chi connectivity index (χ1n) is 6.03. The Bertz CT molecular complexity index is 553. The Morgan fingerprint density at radius 1 is 1.06 bits per heavy atom. The van der Waals surface area contributed by atoms with E-state index in [-0.39, 0.29) is 5.41 Å². The number of carbonyl (C=O) groups is 1. The van der Waals surface area contributed by atoms with Crippen molar-refractivity contribution in [1.82, 2.24) is 4.98 Å². The number of hydrogen-bond acceptors (Lipinski definition) is 2. The summed E-state index contributed by atoms with van der Waals surface area (Å²) in [6.07, 6.45) is 2.73. The summed E-state index contributed by atoms with van der Waals surface area (Å²) in [5, 5.41) is 0. The van der Waals surface area contributed by atoms with Gasteiger partial charge in [0.05, 0.1) is 5.69 Å². The van der Waals surface area contributed by atoms with Crippen molar-refractivity contribution in [2.75, 3.05) is 0 Å². The molecular formula is C16H17NO. The van der Waals surface area contributed by atoms with Gasteiger partial charge in [-0.25, -0.2) is 0 Å². The Morgan fingerprint density at radius 2 is 1.72 bits per heavy atom. The van der Waals surface area contributed by atoms with E-state index in [1.807, 2.05) is 42.6 Å². The first-order valence-corrected chi connectivity index (χ1v) is 6.03. The molecule has 2 nitrogen and oxygen atoms in total. The van der Waals surface area contributed by atoms with Crippen LogP contribution in [0.15, 0.2) is 42.6 Å². The van der Waals surface area contributed by atoms with E-state index in [0.29, 0.717) is 5.56 Å². The summed E-state index contributed by atoms with van der Waals surface area (Å²) in [7, 11) is 0. The predicted molar refractivity (Wildman–Crippen MR) is 73.8 cm³/mol. The van der Waals surface area contributed by atoms with Crippen molar-refractivity contribution in [2.45, 2.75) is 26.2 Å². The maximum absolute atomic E-state index is 11.2. The molecule has 1 heterocycles. The van der Waals surface area contributed by atoms with Crippen LogP contribution in [0.1, 0.15) is 36.8 Å². The molecule has 1 aromatic heterocycles. The van der Waals surface area contributed by atoms with E-state index in [1.165, 1.54) is 0 Å². The second-order valence-electron chi connectivity index (χ2n) is 5.40. The van der Waals surface area contributed by atoms with Crippen LogP contribution in [0.2, 0.25) is 0 Å². The van der Waals surface area contributed by atoms with Crippen molar-refractivity contribution in [3.8, 4) is 11.1 Å².